The average Bonchev–Trinajstić information content (AvgIpc) is 2.34. The van der Waals surface area contributed by atoms with Crippen LogP contribution in [-0.4, -0.2) is 8.42 Å². The number of benzene rings is 2. The Kier molecular flexibility index (Phi) is 3.91. The molecule has 2 rings (SSSR count). The van der Waals surface area contributed by atoms with Gasteiger partial charge in [-0.1, -0.05) is 18.2 Å². The summed E-state index contributed by atoms with van der Waals surface area (Å²) in [5, 5.41) is 0. The number of nitrogens with one attached hydrogen (secondary N) is 1. The van der Waals surface area contributed by atoms with E-state index in [0.717, 1.165) is 11.6 Å². The Balaban J connectivity index is 2.43. The first-order valence-electron chi connectivity index (χ1n) is 5.43. The fraction of sp³-hybridized carbons (Fsp3) is 0.0769. The maximum atomic E-state index is 13.5. The van der Waals surface area contributed by atoms with Crippen LogP contribution in [0.3, 0.4) is 0 Å². The molecule has 0 aliphatic rings. The van der Waals surface area contributed by atoms with Crippen LogP contribution in [0.2, 0.25) is 0 Å². The van der Waals surface area contributed by atoms with E-state index in [0.29, 0.717) is 10.2 Å². The van der Waals surface area contributed by atoms with Crippen molar-refractivity contribution in [3.05, 3.63) is 58.3 Å². The molecular formula is C13H11BrFNO2S. The molecule has 2 aromatic carbocycles. The summed E-state index contributed by atoms with van der Waals surface area (Å²) in [5.41, 5.74) is 1.28. The topological polar surface area (TPSA) is 46.2 Å². The minimum atomic E-state index is -3.94. The Morgan fingerprint density at radius 3 is 2.53 bits per heavy atom. The van der Waals surface area contributed by atoms with Gasteiger partial charge in [0.2, 0.25) is 0 Å². The maximum absolute atomic E-state index is 13.5. The molecule has 0 heterocycles. The molecule has 0 atom stereocenters. The Morgan fingerprint density at radius 1 is 1.16 bits per heavy atom. The minimum absolute atomic E-state index is 0.372. The van der Waals surface area contributed by atoms with E-state index in [1.807, 2.05) is 13.0 Å². The van der Waals surface area contributed by atoms with Crippen LogP contribution < -0.4 is 4.72 Å². The van der Waals surface area contributed by atoms with Crippen molar-refractivity contribution in [3.8, 4) is 0 Å². The van der Waals surface area contributed by atoms with Crippen molar-refractivity contribution in [2.24, 2.45) is 0 Å². The van der Waals surface area contributed by atoms with Gasteiger partial charge in [0.25, 0.3) is 10.0 Å². The number of sulfonamides is 1. The molecule has 0 amide bonds. The average molecular weight is 344 g/mol. The number of aryl methyl sites for hydroxylation is 1. The number of hydrogen-bond acceptors (Lipinski definition) is 2. The second kappa shape index (κ2) is 5.30. The molecule has 0 saturated carbocycles. The Hall–Kier alpha value is -1.40. The van der Waals surface area contributed by atoms with Crippen molar-refractivity contribution >= 4 is 31.6 Å². The van der Waals surface area contributed by atoms with E-state index in [9.17, 15) is 12.8 Å². The molecule has 0 spiro atoms. The van der Waals surface area contributed by atoms with Crippen molar-refractivity contribution in [1.29, 1.82) is 0 Å². The van der Waals surface area contributed by atoms with Crippen LogP contribution in [0.1, 0.15) is 5.56 Å². The fourth-order valence-corrected chi connectivity index (χ4v) is 3.21. The molecule has 0 bridgehead atoms. The van der Waals surface area contributed by atoms with Crippen molar-refractivity contribution < 1.29 is 12.8 Å². The molecule has 1 N–H and O–H groups in total. The largest absolute Gasteiger partial charge is 0.278 e. The van der Waals surface area contributed by atoms with Crippen LogP contribution in [0.5, 0.6) is 0 Å². The van der Waals surface area contributed by atoms with E-state index in [2.05, 4.69) is 20.7 Å². The van der Waals surface area contributed by atoms with Crippen molar-refractivity contribution in [2.75, 3.05) is 4.72 Å². The van der Waals surface area contributed by atoms with Gasteiger partial charge in [-0.2, -0.15) is 0 Å². The summed E-state index contributed by atoms with van der Waals surface area (Å²) in [6, 6.07) is 10.5. The molecule has 2 aromatic rings. The highest BCUT2D eigenvalue weighted by molar-refractivity contribution is 9.10. The van der Waals surface area contributed by atoms with Crippen LogP contribution in [0.25, 0.3) is 0 Å². The van der Waals surface area contributed by atoms with Crippen LogP contribution in [0.4, 0.5) is 10.1 Å². The van der Waals surface area contributed by atoms with Crippen molar-refractivity contribution in [3.63, 3.8) is 0 Å². The first-order valence-corrected chi connectivity index (χ1v) is 7.71. The highest BCUT2D eigenvalue weighted by Gasteiger charge is 2.19. The van der Waals surface area contributed by atoms with Gasteiger partial charge in [0.05, 0.1) is 5.69 Å². The Labute approximate surface area is 119 Å². The van der Waals surface area contributed by atoms with E-state index in [4.69, 9.17) is 0 Å². The smallest absolute Gasteiger partial charge is 0.264 e. The third-order valence-electron chi connectivity index (χ3n) is 2.49. The van der Waals surface area contributed by atoms with Crippen LogP contribution in [0, 0.1) is 12.7 Å². The van der Waals surface area contributed by atoms with Gasteiger partial charge in [-0.3, -0.25) is 4.72 Å². The molecule has 0 aromatic heterocycles. The van der Waals surface area contributed by atoms with Gasteiger partial charge in [0.1, 0.15) is 10.7 Å². The van der Waals surface area contributed by atoms with Gasteiger partial charge in [0.15, 0.2) is 0 Å². The number of anilines is 1. The van der Waals surface area contributed by atoms with Crippen LogP contribution >= 0.6 is 15.9 Å². The normalized spacial score (nSPS) is 11.3. The predicted molar refractivity (Wildman–Crippen MR) is 76.1 cm³/mol. The predicted octanol–water partition coefficient (Wildman–Crippen LogP) is 3.70. The van der Waals surface area contributed by atoms with E-state index >= 15 is 0 Å². The quantitative estimate of drug-likeness (QED) is 0.923. The van der Waals surface area contributed by atoms with E-state index in [1.54, 1.807) is 12.1 Å². The Bertz CT molecular complexity index is 716. The molecule has 0 fully saturated rings. The lowest BCUT2D eigenvalue weighted by molar-refractivity contribution is 0.570. The summed E-state index contributed by atoms with van der Waals surface area (Å²) in [4.78, 5) is -0.372. The third kappa shape index (κ3) is 3.13. The van der Waals surface area contributed by atoms with Crippen molar-refractivity contribution in [1.82, 2.24) is 0 Å². The second-order valence-electron chi connectivity index (χ2n) is 4.02. The molecule has 0 saturated heterocycles. The van der Waals surface area contributed by atoms with Gasteiger partial charge in [-0.25, -0.2) is 12.8 Å². The second-order valence-corrected chi connectivity index (χ2v) is 6.52. The van der Waals surface area contributed by atoms with Gasteiger partial charge < -0.3 is 0 Å². The SMILES string of the molecule is Cc1ccc(Br)c(NS(=O)(=O)c2ccccc2F)c1. The molecule has 0 radical (unpaired) electrons. The molecular weight excluding hydrogens is 333 g/mol. The lowest BCUT2D eigenvalue weighted by atomic mass is 10.2. The molecule has 100 valence electrons. The highest BCUT2D eigenvalue weighted by Crippen LogP contribution is 2.26. The molecule has 19 heavy (non-hydrogen) atoms. The summed E-state index contributed by atoms with van der Waals surface area (Å²) in [6.07, 6.45) is 0. The zero-order valence-electron chi connectivity index (χ0n) is 10.0. The molecule has 0 aliphatic carbocycles. The standard InChI is InChI=1S/C13H11BrFNO2S/c1-9-6-7-10(14)12(8-9)16-19(17,18)13-5-3-2-4-11(13)15/h2-8,16H,1H3. The zero-order valence-corrected chi connectivity index (χ0v) is 12.4. The zero-order chi connectivity index (χ0) is 14.0. The summed E-state index contributed by atoms with van der Waals surface area (Å²) >= 11 is 3.25. The first-order chi connectivity index (χ1) is 8.90. The summed E-state index contributed by atoms with van der Waals surface area (Å²) in [7, 11) is -3.94. The fourth-order valence-electron chi connectivity index (χ4n) is 1.58. The maximum Gasteiger partial charge on any atom is 0.264 e. The van der Waals surface area contributed by atoms with Gasteiger partial charge in [-0.05, 0) is 52.7 Å². The molecule has 3 nitrogen and oxygen atoms in total. The molecule has 0 unspecified atom stereocenters. The van der Waals surface area contributed by atoms with E-state index in [-0.39, 0.29) is 4.90 Å². The number of halogens is 2. The number of hydrogen-bond donors (Lipinski definition) is 1. The number of rotatable bonds is 3. The van der Waals surface area contributed by atoms with Crippen LogP contribution in [-0.2, 0) is 10.0 Å². The lowest BCUT2D eigenvalue weighted by Gasteiger charge is -2.11. The van der Waals surface area contributed by atoms with E-state index in [1.165, 1.54) is 18.2 Å². The monoisotopic (exact) mass is 343 g/mol. The molecule has 6 heteroatoms. The third-order valence-corrected chi connectivity index (χ3v) is 4.58. The highest BCUT2D eigenvalue weighted by atomic mass is 79.9. The summed E-state index contributed by atoms with van der Waals surface area (Å²) < 4.78 is 40.7. The van der Waals surface area contributed by atoms with Crippen molar-refractivity contribution in [2.45, 2.75) is 11.8 Å². The summed E-state index contributed by atoms with van der Waals surface area (Å²) in [5.74, 6) is -0.779. The minimum Gasteiger partial charge on any atom is -0.278 e. The lowest BCUT2D eigenvalue weighted by Crippen LogP contribution is -2.14. The molecule has 0 aliphatic heterocycles. The van der Waals surface area contributed by atoms with E-state index < -0.39 is 15.8 Å². The van der Waals surface area contributed by atoms with Gasteiger partial charge in [-0.15, -0.1) is 0 Å². The first kappa shape index (κ1) is 14.0. The van der Waals surface area contributed by atoms with Crippen LogP contribution in [0.15, 0.2) is 51.8 Å². The Morgan fingerprint density at radius 2 is 1.84 bits per heavy atom. The van der Waals surface area contributed by atoms with Gasteiger partial charge >= 0.3 is 0 Å². The summed E-state index contributed by atoms with van der Waals surface area (Å²) in [6.45, 7) is 1.84. The van der Waals surface area contributed by atoms with Gasteiger partial charge in [0, 0.05) is 4.47 Å².